The molecule has 0 fully saturated rings. The minimum absolute atomic E-state index is 0.0649. The lowest BCUT2D eigenvalue weighted by Gasteiger charge is -2.10. The molecule has 1 aromatic heterocycles. The predicted octanol–water partition coefficient (Wildman–Crippen LogP) is 3.78. The van der Waals surface area contributed by atoms with E-state index in [4.69, 9.17) is 14.2 Å². The number of methoxy groups -OCH3 is 1. The highest BCUT2D eigenvalue weighted by Gasteiger charge is 2.21. The van der Waals surface area contributed by atoms with E-state index in [0.29, 0.717) is 28.9 Å². The zero-order valence-electron chi connectivity index (χ0n) is 17.2. The fourth-order valence-corrected chi connectivity index (χ4v) is 3.15. The van der Waals surface area contributed by atoms with Crippen LogP contribution in [0, 0.1) is 10.1 Å². The van der Waals surface area contributed by atoms with Crippen LogP contribution in [0.5, 0.6) is 17.2 Å². The Bertz CT molecular complexity index is 1070. The second kappa shape index (κ2) is 10.4. The summed E-state index contributed by atoms with van der Waals surface area (Å²) < 4.78 is 17.9. The Labute approximate surface area is 183 Å². The molecule has 10 nitrogen and oxygen atoms in total. The van der Waals surface area contributed by atoms with Crippen molar-refractivity contribution in [1.82, 2.24) is 14.9 Å². The van der Waals surface area contributed by atoms with Gasteiger partial charge in [0.05, 0.1) is 24.9 Å². The number of nitrogens with zero attached hydrogens (tertiary/aromatic N) is 5. The summed E-state index contributed by atoms with van der Waals surface area (Å²) in [6, 6.07) is 12.3. The van der Waals surface area contributed by atoms with Gasteiger partial charge in [-0.2, -0.15) is 9.78 Å². The van der Waals surface area contributed by atoms with Crippen LogP contribution in [0.1, 0.15) is 18.3 Å². The topological polar surface area (TPSA) is 114 Å². The lowest BCUT2D eigenvalue weighted by molar-refractivity contribution is -0.385. The number of nitro benzene ring substituents is 1. The van der Waals surface area contributed by atoms with Crippen LogP contribution in [0.2, 0.25) is 0 Å². The zero-order valence-corrected chi connectivity index (χ0v) is 18.0. The van der Waals surface area contributed by atoms with Gasteiger partial charge < -0.3 is 14.2 Å². The molecule has 0 saturated carbocycles. The van der Waals surface area contributed by atoms with Crippen LogP contribution < -0.4 is 14.2 Å². The molecule has 0 atom stereocenters. The summed E-state index contributed by atoms with van der Waals surface area (Å²) in [6.07, 6.45) is 3.33. The third-order valence-electron chi connectivity index (χ3n) is 4.05. The van der Waals surface area contributed by atoms with Gasteiger partial charge in [-0.1, -0.05) is 30.0 Å². The highest BCUT2D eigenvalue weighted by molar-refractivity contribution is 7.98. The Hall–Kier alpha value is -3.60. The summed E-state index contributed by atoms with van der Waals surface area (Å²) in [7, 11) is 1.36. The predicted molar refractivity (Wildman–Crippen MR) is 116 cm³/mol. The first-order valence-corrected chi connectivity index (χ1v) is 10.5. The molecule has 162 valence electrons. The van der Waals surface area contributed by atoms with Crippen molar-refractivity contribution in [3.05, 3.63) is 64.0 Å². The molecular weight excluding hydrogens is 422 g/mol. The number of rotatable bonds is 10. The van der Waals surface area contributed by atoms with Crippen LogP contribution in [0.25, 0.3) is 0 Å². The SMILES string of the molecule is CCOc1cc(/C=N\n2c(COc3ccccc3)nnc2SC)cc([N+](=O)[O-])c1OC. The maximum atomic E-state index is 11.5. The first kappa shape index (κ1) is 22.1. The molecule has 0 aliphatic rings. The van der Waals surface area contributed by atoms with Crippen molar-refractivity contribution in [2.75, 3.05) is 20.0 Å². The first-order chi connectivity index (χ1) is 15.1. The lowest BCUT2D eigenvalue weighted by atomic mass is 10.2. The fraction of sp³-hybridized carbons (Fsp3) is 0.250. The third kappa shape index (κ3) is 5.31. The molecule has 0 unspecified atom stereocenters. The maximum Gasteiger partial charge on any atom is 0.315 e. The Morgan fingerprint density at radius 3 is 2.65 bits per heavy atom. The van der Waals surface area contributed by atoms with E-state index in [1.165, 1.54) is 35.8 Å². The standard InChI is InChI=1S/C20H21N5O5S/c1-4-29-17-11-14(10-16(25(26)27)19(17)28-2)12-21-24-18(22-23-20(24)31-3)13-30-15-8-6-5-7-9-15/h5-12H,4,13H2,1-3H3/b21-12-. The summed E-state index contributed by atoms with van der Waals surface area (Å²) in [5.74, 6) is 1.51. The van der Waals surface area contributed by atoms with Gasteiger partial charge in [0.2, 0.25) is 10.9 Å². The van der Waals surface area contributed by atoms with E-state index in [2.05, 4.69) is 15.3 Å². The second-order valence-corrected chi connectivity index (χ2v) is 6.80. The lowest BCUT2D eigenvalue weighted by Crippen LogP contribution is -2.05. The van der Waals surface area contributed by atoms with Crippen LogP contribution in [-0.4, -0.2) is 46.0 Å². The van der Waals surface area contributed by atoms with Gasteiger partial charge >= 0.3 is 5.69 Å². The Morgan fingerprint density at radius 1 is 1.23 bits per heavy atom. The number of para-hydroxylation sites is 1. The van der Waals surface area contributed by atoms with Crippen molar-refractivity contribution in [3.8, 4) is 17.2 Å². The molecule has 0 amide bonds. The van der Waals surface area contributed by atoms with E-state index in [1.54, 1.807) is 13.0 Å². The van der Waals surface area contributed by atoms with E-state index in [9.17, 15) is 10.1 Å². The summed E-state index contributed by atoms with van der Waals surface area (Å²) in [5, 5.41) is 24.7. The van der Waals surface area contributed by atoms with Crippen LogP contribution in [0.4, 0.5) is 5.69 Å². The van der Waals surface area contributed by atoms with E-state index in [1.807, 2.05) is 36.6 Å². The molecule has 2 aromatic carbocycles. The molecule has 0 saturated heterocycles. The smallest absolute Gasteiger partial charge is 0.315 e. The molecule has 0 aliphatic carbocycles. The number of nitro groups is 1. The molecule has 31 heavy (non-hydrogen) atoms. The quantitative estimate of drug-likeness (QED) is 0.201. The molecule has 0 N–H and O–H groups in total. The third-order valence-corrected chi connectivity index (χ3v) is 4.67. The molecule has 0 radical (unpaired) electrons. The number of ether oxygens (including phenoxy) is 3. The summed E-state index contributed by atoms with van der Waals surface area (Å²) in [5.41, 5.74) is 0.253. The van der Waals surface area contributed by atoms with E-state index in [-0.39, 0.29) is 23.8 Å². The van der Waals surface area contributed by atoms with Gasteiger partial charge in [0.1, 0.15) is 12.4 Å². The number of thioether (sulfide) groups is 1. The summed E-state index contributed by atoms with van der Waals surface area (Å²) in [4.78, 5) is 11.0. The van der Waals surface area contributed by atoms with Crippen molar-refractivity contribution in [3.63, 3.8) is 0 Å². The Kier molecular flexibility index (Phi) is 7.44. The maximum absolute atomic E-state index is 11.5. The van der Waals surface area contributed by atoms with E-state index < -0.39 is 4.92 Å². The average Bonchev–Trinajstić information content (AvgIpc) is 3.18. The number of hydrogen-bond donors (Lipinski definition) is 0. The fourth-order valence-electron chi connectivity index (χ4n) is 2.70. The molecular formula is C20H21N5O5S. The Morgan fingerprint density at radius 2 is 2.00 bits per heavy atom. The van der Waals surface area contributed by atoms with Gasteiger partial charge in [-0.3, -0.25) is 10.1 Å². The summed E-state index contributed by atoms with van der Waals surface area (Å²) in [6.45, 7) is 2.27. The van der Waals surface area contributed by atoms with Crippen molar-refractivity contribution >= 4 is 23.7 Å². The number of hydrogen-bond acceptors (Lipinski definition) is 9. The monoisotopic (exact) mass is 443 g/mol. The van der Waals surface area contributed by atoms with Gasteiger partial charge in [-0.25, -0.2) is 0 Å². The van der Waals surface area contributed by atoms with Gasteiger partial charge in [0.15, 0.2) is 11.6 Å². The van der Waals surface area contributed by atoms with Crippen LogP contribution in [-0.2, 0) is 6.61 Å². The Balaban J connectivity index is 1.92. The second-order valence-electron chi connectivity index (χ2n) is 6.02. The molecule has 1 heterocycles. The normalized spacial score (nSPS) is 10.9. The first-order valence-electron chi connectivity index (χ1n) is 9.27. The molecule has 3 aromatic rings. The highest BCUT2D eigenvalue weighted by Crippen LogP contribution is 2.37. The van der Waals surface area contributed by atoms with Gasteiger partial charge in [0, 0.05) is 11.6 Å². The van der Waals surface area contributed by atoms with Gasteiger partial charge in [0.25, 0.3) is 0 Å². The molecule has 11 heteroatoms. The number of aromatic nitrogens is 3. The number of benzene rings is 2. The van der Waals surface area contributed by atoms with E-state index >= 15 is 0 Å². The van der Waals surface area contributed by atoms with Crippen molar-refractivity contribution in [2.24, 2.45) is 5.10 Å². The average molecular weight is 443 g/mol. The van der Waals surface area contributed by atoms with E-state index in [0.717, 1.165) is 0 Å². The van der Waals surface area contributed by atoms with Crippen molar-refractivity contribution in [2.45, 2.75) is 18.7 Å². The largest absolute Gasteiger partial charge is 0.490 e. The molecule has 3 rings (SSSR count). The van der Waals surface area contributed by atoms with Crippen LogP contribution in [0.3, 0.4) is 0 Å². The minimum atomic E-state index is -0.524. The minimum Gasteiger partial charge on any atom is -0.490 e. The molecule has 0 aliphatic heterocycles. The van der Waals surface area contributed by atoms with Crippen LogP contribution >= 0.6 is 11.8 Å². The molecule has 0 bridgehead atoms. The molecule has 0 spiro atoms. The van der Waals surface area contributed by atoms with Crippen molar-refractivity contribution < 1.29 is 19.1 Å². The van der Waals surface area contributed by atoms with Crippen LogP contribution in [0.15, 0.2) is 52.7 Å². The van der Waals surface area contributed by atoms with Crippen molar-refractivity contribution in [1.29, 1.82) is 0 Å². The summed E-state index contributed by atoms with van der Waals surface area (Å²) >= 11 is 1.37. The highest BCUT2D eigenvalue weighted by atomic mass is 32.2. The zero-order chi connectivity index (χ0) is 22.2. The van der Waals surface area contributed by atoms with Gasteiger partial charge in [-0.15, -0.1) is 10.2 Å². The van der Waals surface area contributed by atoms with Gasteiger partial charge in [-0.05, 0) is 31.4 Å².